The number of piperidine rings is 1. The smallest absolute Gasteiger partial charge is 0.307 e. The Morgan fingerprint density at radius 2 is 2.16 bits per heavy atom. The van der Waals surface area contributed by atoms with E-state index in [1.165, 1.54) is 11.4 Å². The van der Waals surface area contributed by atoms with Gasteiger partial charge in [0, 0.05) is 26.7 Å². The summed E-state index contributed by atoms with van der Waals surface area (Å²) < 4.78 is 33.0. The molecule has 1 atom stereocenters. The Labute approximate surface area is 114 Å². The summed E-state index contributed by atoms with van der Waals surface area (Å²) in [5, 5.41) is 8.96. The van der Waals surface area contributed by atoms with Crippen LogP contribution in [0.15, 0.2) is 0 Å². The summed E-state index contributed by atoms with van der Waals surface area (Å²) in [5.41, 5.74) is -0.602. The SMILES string of the molecule is COC(C)(C)CNS(=O)(=O)N1CCCC(C(=O)O)C1. The van der Waals surface area contributed by atoms with Crippen molar-refractivity contribution in [2.45, 2.75) is 32.3 Å². The molecule has 0 saturated carbocycles. The molecule has 1 fully saturated rings. The molecule has 0 aromatic carbocycles. The van der Waals surface area contributed by atoms with Crippen LogP contribution < -0.4 is 4.72 Å². The van der Waals surface area contributed by atoms with Crippen LogP contribution >= 0.6 is 0 Å². The van der Waals surface area contributed by atoms with Crippen LogP contribution in [0.2, 0.25) is 0 Å². The van der Waals surface area contributed by atoms with E-state index >= 15 is 0 Å². The standard InChI is InChI=1S/C11H22N2O5S/c1-11(2,18-3)8-12-19(16,17)13-6-4-5-9(7-13)10(14)15/h9,12H,4-8H2,1-3H3,(H,14,15). The monoisotopic (exact) mass is 294 g/mol. The minimum absolute atomic E-state index is 0.0259. The molecular formula is C11H22N2O5S. The van der Waals surface area contributed by atoms with Gasteiger partial charge in [0.05, 0.1) is 11.5 Å². The number of methoxy groups -OCH3 is 1. The van der Waals surface area contributed by atoms with Crippen molar-refractivity contribution in [1.29, 1.82) is 0 Å². The molecule has 112 valence electrons. The fourth-order valence-electron chi connectivity index (χ4n) is 1.79. The number of aliphatic carboxylic acids is 1. The Kier molecular flexibility index (Phi) is 5.31. The topological polar surface area (TPSA) is 95.9 Å². The van der Waals surface area contributed by atoms with Crippen LogP contribution in [0.5, 0.6) is 0 Å². The fraction of sp³-hybridized carbons (Fsp3) is 0.909. The number of hydrogen-bond donors (Lipinski definition) is 2. The summed E-state index contributed by atoms with van der Waals surface area (Å²) in [6.07, 6.45) is 1.08. The fourth-order valence-corrected chi connectivity index (χ4v) is 3.25. The molecule has 0 aromatic rings. The molecule has 2 N–H and O–H groups in total. The van der Waals surface area contributed by atoms with Crippen molar-refractivity contribution in [3.8, 4) is 0 Å². The number of nitrogens with one attached hydrogen (secondary N) is 1. The van der Waals surface area contributed by atoms with E-state index in [4.69, 9.17) is 9.84 Å². The summed E-state index contributed by atoms with van der Waals surface area (Å²) in [7, 11) is -2.14. The lowest BCUT2D eigenvalue weighted by Crippen LogP contribution is -2.50. The highest BCUT2D eigenvalue weighted by Gasteiger charge is 2.33. The zero-order valence-electron chi connectivity index (χ0n) is 11.5. The number of ether oxygens (including phenoxy) is 1. The van der Waals surface area contributed by atoms with Crippen LogP contribution in [0, 0.1) is 5.92 Å². The van der Waals surface area contributed by atoms with Gasteiger partial charge in [0.15, 0.2) is 0 Å². The summed E-state index contributed by atoms with van der Waals surface area (Å²) in [6, 6.07) is 0. The molecule has 1 aliphatic rings. The maximum atomic E-state index is 12.1. The van der Waals surface area contributed by atoms with Crippen molar-refractivity contribution < 1.29 is 23.1 Å². The number of hydrogen-bond acceptors (Lipinski definition) is 4. The molecule has 0 aromatic heterocycles. The predicted molar refractivity (Wildman–Crippen MR) is 69.9 cm³/mol. The predicted octanol–water partition coefficient (Wildman–Crippen LogP) is 0.0424. The second-order valence-electron chi connectivity index (χ2n) is 5.33. The van der Waals surface area contributed by atoms with Gasteiger partial charge in [0.25, 0.3) is 10.2 Å². The Morgan fingerprint density at radius 1 is 1.53 bits per heavy atom. The maximum absolute atomic E-state index is 12.1. The second-order valence-corrected chi connectivity index (χ2v) is 7.08. The number of carbonyl (C=O) groups is 1. The van der Waals surface area contributed by atoms with Gasteiger partial charge in [0.1, 0.15) is 0 Å². The first-order valence-corrected chi connectivity index (χ1v) is 7.64. The van der Waals surface area contributed by atoms with E-state index in [0.717, 1.165) is 0 Å². The lowest BCUT2D eigenvalue weighted by molar-refractivity contribution is -0.142. The van der Waals surface area contributed by atoms with Gasteiger partial charge in [-0.2, -0.15) is 17.4 Å². The number of rotatable bonds is 6. The molecule has 0 bridgehead atoms. The van der Waals surface area contributed by atoms with Crippen molar-refractivity contribution >= 4 is 16.2 Å². The Bertz CT molecular complexity index is 421. The lowest BCUT2D eigenvalue weighted by Gasteiger charge is -2.31. The molecule has 0 radical (unpaired) electrons. The van der Waals surface area contributed by atoms with Gasteiger partial charge in [-0.15, -0.1) is 0 Å². The zero-order valence-corrected chi connectivity index (χ0v) is 12.4. The summed E-state index contributed by atoms with van der Waals surface area (Å²) >= 11 is 0. The summed E-state index contributed by atoms with van der Waals surface area (Å²) in [4.78, 5) is 10.9. The molecule has 0 amide bonds. The molecular weight excluding hydrogens is 272 g/mol. The van der Waals surface area contributed by atoms with Crippen molar-refractivity contribution in [3.05, 3.63) is 0 Å². The minimum Gasteiger partial charge on any atom is -0.481 e. The van der Waals surface area contributed by atoms with E-state index in [0.29, 0.717) is 19.4 Å². The minimum atomic E-state index is -3.65. The first-order chi connectivity index (χ1) is 8.68. The first-order valence-electron chi connectivity index (χ1n) is 6.20. The summed E-state index contributed by atoms with van der Waals surface area (Å²) in [6.45, 7) is 4.06. The molecule has 1 rings (SSSR count). The van der Waals surface area contributed by atoms with Gasteiger partial charge in [0.2, 0.25) is 0 Å². The van der Waals surface area contributed by atoms with Gasteiger partial charge in [-0.05, 0) is 26.7 Å². The molecule has 7 nitrogen and oxygen atoms in total. The van der Waals surface area contributed by atoms with Crippen LogP contribution in [-0.4, -0.2) is 56.1 Å². The maximum Gasteiger partial charge on any atom is 0.307 e. The van der Waals surface area contributed by atoms with Crippen molar-refractivity contribution in [2.75, 3.05) is 26.7 Å². The van der Waals surface area contributed by atoms with E-state index in [-0.39, 0.29) is 13.1 Å². The summed E-state index contributed by atoms with van der Waals surface area (Å²) in [5.74, 6) is -1.57. The van der Waals surface area contributed by atoms with Gasteiger partial charge in [-0.3, -0.25) is 4.79 Å². The number of nitrogens with zero attached hydrogens (tertiary/aromatic N) is 1. The van der Waals surface area contributed by atoms with E-state index in [9.17, 15) is 13.2 Å². The Balaban J connectivity index is 2.64. The average Bonchev–Trinajstić information content (AvgIpc) is 2.37. The van der Waals surface area contributed by atoms with Crippen molar-refractivity contribution in [1.82, 2.24) is 9.03 Å². The highest BCUT2D eigenvalue weighted by Crippen LogP contribution is 2.19. The number of carboxylic acids is 1. The van der Waals surface area contributed by atoms with Gasteiger partial charge >= 0.3 is 5.97 Å². The van der Waals surface area contributed by atoms with Crippen molar-refractivity contribution in [2.24, 2.45) is 5.92 Å². The lowest BCUT2D eigenvalue weighted by atomic mass is 10.0. The first kappa shape index (κ1) is 16.4. The molecule has 8 heteroatoms. The molecule has 1 heterocycles. The van der Waals surface area contributed by atoms with E-state index in [2.05, 4.69) is 4.72 Å². The van der Waals surface area contributed by atoms with Gasteiger partial charge < -0.3 is 9.84 Å². The third kappa shape index (κ3) is 4.72. The van der Waals surface area contributed by atoms with Gasteiger partial charge in [-0.25, -0.2) is 0 Å². The molecule has 1 saturated heterocycles. The Morgan fingerprint density at radius 3 is 2.68 bits per heavy atom. The number of carboxylic acid groups (broad SMARTS) is 1. The molecule has 19 heavy (non-hydrogen) atoms. The highest BCUT2D eigenvalue weighted by atomic mass is 32.2. The van der Waals surface area contributed by atoms with E-state index in [1.54, 1.807) is 13.8 Å². The van der Waals surface area contributed by atoms with Gasteiger partial charge in [-0.1, -0.05) is 0 Å². The molecule has 1 aliphatic heterocycles. The van der Waals surface area contributed by atoms with Crippen LogP contribution in [0.25, 0.3) is 0 Å². The van der Waals surface area contributed by atoms with E-state index in [1.807, 2.05) is 0 Å². The van der Waals surface area contributed by atoms with Crippen LogP contribution in [0.4, 0.5) is 0 Å². The highest BCUT2D eigenvalue weighted by molar-refractivity contribution is 7.87. The largest absolute Gasteiger partial charge is 0.481 e. The third-order valence-electron chi connectivity index (χ3n) is 3.31. The van der Waals surface area contributed by atoms with Crippen LogP contribution in [-0.2, 0) is 19.7 Å². The third-order valence-corrected chi connectivity index (χ3v) is 4.83. The van der Waals surface area contributed by atoms with Crippen LogP contribution in [0.1, 0.15) is 26.7 Å². The normalized spacial score (nSPS) is 22.4. The Hall–Kier alpha value is -0.700. The van der Waals surface area contributed by atoms with Crippen molar-refractivity contribution in [3.63, 3.8) is 0 Å². The second kappa shape index (κ2) is 6.17. The molecule has 0 spiro atoms. The zero-order chi connectivity index (χ0) is 14.7. The van der Waals surface area contributed by atoms with E-state index < -0.39 is 27.7 Å². The molecule has 0 aliphatic carbocycles. The molecule has 1 unspecified atom stereocenters. The van der Waals surface area contributed by atoms with Crippen LogP contribution in [0.3, 0.4) is 0 Å². The quantitative estimate of drug-likeness (QED) is 0.721. The average molecular weight is 294 g/mol.